The second kappa shape index (κ2) is 7.49. The number of nitrogens with two attached hydrogens (primary N) is 1. The minimum absolute atomic E-state index is 0.0970. The molecule has 0 bridgehead atoms. The number of carbonyl (C=O) groups is 2. The minimum Gasteiger partial charge on any atom is -0.352 e. The van der Waals surface area contributed by atoms with Crippen LogP contribution in [-0.4, -0.2) is 11.9 Å². The highest BCUT2D eigenvalue weighted by atomic mass is 16.2. The SMILES string of the molecule is NC(=O)NC(CC(=O)Nc1ccc2ccccc2c1)c1ccccc1. The lowest BCUT2D eigenvalue weighted by atomic mass is 10.0. The quantitative estimate of drug-likeness (QED) is 0.667. The maximum absolute atomic E-state index is 12.4. The first-order valence-electron chi connectivity index (χ1n) is 8.01. The number of rotatable bonds is 5. The molecule has 0 spiro atoms. The van der Waals surface area contributed by atoms with Gasteiger partial charge < -0.3 is 16.4 Å². The Kier molecular flexibility index (Phi) is 4.95. The van der Waals surface area contributed by atoms with Gasteiger partial charge in [-0.25, -0.2) is 4.79 Å². The Labute approximate surface area is 145 Å². The van der Waals surface area contributed by atoms with Crippen molar-refractivity contribution >= 4 is 28.4 Å². The van der Waals surface area contributed by atoms with Crippen molar-refractivity contribution in [1.82, 2.24) is 5.32 Å². The number of urea groups is 1. The topological polar surface area (TPSA) is 84.2 Å². The molecule has 25 heavy (non-hydrogen) atoms. The minimum atomic E-state index is -0.660. The van der Waals surface area contributed by atoms with Gasteiger partial charge in [0, 0.05) is 5.69 Å². The molecule has 0 aliphatic rings. The molecular weight excluding hydrogens is 314 g/mol. The predicted octanol–water partition coefficient (Wildman–Crippen LogP) is 3.58. The number of benzene rings is 3. The van der Waals surface area contributed by atoms with E-state index in [-0.39, 0.29) is 12.3 Å². The van der Waals surface area contributed by atoms with Crippen LogP contribution in [0.5, 0.6) is 0 Å². The molecular formula is C20H19N3O2. The number of anilines is 1. The summed E-state index contributed by atoms with van der Waals surface area (Å²) in [6.07, 6.45) is 0.0970. The van der Waals surface area contributed by atoms with Crippen molar-refractivity contribution in [1.29, 1.82) is 0 Å². The largest absolute Gasteiger partial charge is 0.352 e. The van der Waals surface area contributed by atoms with E-state index in [4.69, 9.17) is 5.73 Å². The van der Waals surface area contributed by atoms with Gasteiger partial charge in [0.25, 0.3) is 0 Å². The monoisotopic (exact) mass is 333 g/mol. The van der Waals surface area contributed by atoms with Crippen molar-refractivity contribution in [3.63, 3.8) is 0 Å². The van der Waals surface area contributed by atoms with Gasteiger partial charge in [0.2, 0.25) is 5.91 Å². The van der Waals surface area contributed by atoms with Crippen LogP contribution >= 0.6 is 0 Å². The fraction of sp³-hybridized carbons (Fsp3) is 0.100. The lowest BCUT2D eigenvalue weighted by molar-refractivity contribution is -0.116. The van der Waals surface area contributed by atoms with E-state index < -0.39 is 12.1 Å². The van der Waals surface area contributed by atoms with Crippen LogP contribution in [0.4, 0.5) is 10.5 Å². The zero-order valence-corrected chi connectivity index (χ0v) is 13.6. The van der Waals surface area contributed by atoms with Gasteiger partial charge in [0.05, 0.1) is 12.5 Å². The molecule has 3 aromatic rings. The lowest BCUT2D eigenvalue weighted by Crippen LogP contribution is -2.35. The second-order valence-electron chi connectivity index (χ2n) is 5.79. The molecule has 3 amide bonds. The molecule has 3 rings (SSSR count). The van der Waals surface area contributed by atoms with Crippen LogP contribution in [0.3, 0.4) is 0 Å². The van der Waals surface area contributed by atoms with E-state index in [1.807, 2.05) is 72.8 Å². The third kappa shape index (κ3) is 4.35. The van der Waals surface area contributed by atoms with Crippen LogP contribution in [0.2, 0.25) is 0 Å². The summed E-state index contributed by atoms with van der Waals surface area (Å²) in [5.41, 5.74) is 6.79. The summed E-state index contributed by atoms with van der Waals surface area (Å²) in [7, 11) is 0. The molecule has 5 heteroatoms. The molecule has 3 aromatic carbocycles. The van der Waals surface area contributed by atoms with E-state index in [2.05, 4.69) is 10.6 Å². The Morgan fingerprint density at radius 2 is 1.56 bits per heavy atom. The fourth-order valence-corrected chi connectivity index (χ4v) is 2.77. The van der Waals surface area contributed by atoms with E-state index in [0.29, 0.717) is 0 Å². The molecule has 0 heterocycles. The molecule has 0 aromatic heterocycles. The van der Waals surface area contributed by atoms with Gasteiger partial charge in [-0.3, -0.25) is 4.79 Å². The van der Waals surface area contributed by atoms with E-state index in [1.165, 1.54) is 0 Å². The van der Waals surface area contributed by atoms with Crippen LogP contribution in [0.1, 0.15) is 18.0 Å². The van der Waals surface area contributed by atoms with Crippen LogP contribution < -0.4 is 16.4 Å². The molecule has 0 radical (unpaired) electrons. The first-order valence-corrected chi connectivity index (χ1v) is 8.01. The highest BCUT2D eigenvalue weighted by Crippen LogP contribution is 2.21. The second-order valence-corrected chi connectivity index (χ2v) is 5.79. The highest BCUT2D eigenvalue weighted by Gasteiger charge is 2.17. The number of hydrogen-bond donors (Lipinski definition) is 3. The third-order valence-corrected chi connectivity index (χ3v) is 3.94. The molecule has 0 saturated heterocycles. The average molecular weight is 333 g/mol. The van der Waals surface area contributed by atoms with Gasteiger partial charge in [-0.05, 0) is 28.5 Å². The third-order valence-electron chi connectivity index (χ3n) is 3.94. The summed E-state index contributed by atoms with van der Waals surface area (Å²) in [5.74, 6) is -0.196. The normalized spacial score (nSPS) is 11.7. The van der Waals surface area contributed by atoms with Crippen molar-refractivity contribution in [2.24, 2.45) is 5.73 Å². The van der Waals surface area contributed by atoms with E-state index >= 15 is 0 Å². The Bertz CT molecular complexity index is 894. The molecule has 0 saturated carbocycles. The summed E-state index contributed by atoms with van der Waals surface area (Å²) in [6.45, 7) is 0. The number of fused-ring (bicyclic) bond motifs is 1. The average Bonchev–Trinajstić information content (AvgIpc) is 2.61. The maximum atomic E-state index is 12.4. The summed E-state index contributed by atoms with van der Waals surface area (Å²) in [6, 6.07) is 21.8. The zero-order chi connectivity index (χ0) is 17.6. The first kappa shape index (κ1) is 16.5. The Hall–Kier alpha value is -3.34. The standard InChI is InChI=1S/C20H19N3O2/c21-20(25)23-18(15-7-2-1-3-8-15)13-19(24)22-17-11-10-14-6-4-5-9-16(14)12-17/h1-12,18H,13H2,(H,22,24)(H3,21,23,25). The fourth-order valence-electron chi connectivity index (χ4n) is 2.77. The van der Waals surface area contributed by atoms with E-state index in [0.717, 1.165) is 22.0 Å². The number of hydrogen-bond acceptors (Lipinski definition) is 2. The van der Waals surface area contributed by atoms with Gasteiger partial charge >= 0.3 is 6.03 Å². The van der Waals surface area contributed by atoms with Crippen molar-refractivity contribution in [3.8, 4) is 0 Å². The highest BCUT2D eigenvalue weighted by molar-refractivity contribution is 5.94. The van der Waals surface area contributed by atoms with Crippen LogP contribution in [-0.2, 0) is 4.79 Å². The predicted molar refractivity (Wildman–Crippen MR) is 99.1 cm³/mol. The molecule has 0 fully saturated rings. The van der Waals surface area contributed by atoms with Gasteiger partial charge in [-0.15, -0.1) is 0 Å². The molecule has 4 N–H and O–H groups in total. The molecule has 0 aliphatic heterocycles. The van der Waals surface area contributed by atoms with Crippen LogP contribution in [0, 0.1) is 0 Å². The lowest BCUT2D eigenvalue weighted by Gasteiger charge is -2.17. The molecule has 1 unspecified atom stereocenters. The van der Waals surface area contributed by atoms with Gasteiger partial charge in [-0.1, -0.05) is 60.7 Å². The molecule has 126 valence electrons. The number of amides is 3. The maximum Gasteiger partial charge on any atom is 0.312 e. The molecule has 5 nitrogen and oxygen atoms in total. The first-order chi connectivity index (χ1) is 12.1. The van der Waals surface area contributed by atoms with Gasteiger partial charge in [-0.2, -0.15) is 0 Å². The summed E-state index contributed by atoms with van der Waals surface area (Å²) >= 11 is 0. The number of nitrogens with one attached hydrogen (secondary N) is 2. The smallest absolute Gasteiger partial charge is 0.312 e. The van der Waals surface area contributed by atoms with Crippen molar-refractivity contribution in [2.45, 2.75) is 12.5 Å². The van der Waals surface area contributed by atoms with Gasteiger partial charge in [0.15, 0.2) is 0 Å². The van der Waals surface area contributed by atoms with E-state index in [1.54, 1.807) is 0 Å². The Morgan fingerprint density at radius 1 is 0.880 bits per heavy atom. The number of carbonyl (C=O) groups excluding carboxylic acids is 2. The number of primary amides is 1. The summed E-state index contributed by atoms with van der Waals surface area (Å²) in [4.78, 5) is 23.7. The van der Waals surface area contributed by atoms with Crippen molar-refractivity contribution < 1.29 is 9.59 Å². The summed E-state index contributed by atoms with van der Waals surface area (Å²) < 4.78 is 0. The summed E-state index contributed by atoms with van der Waals surface area (Å²) in [5, 5.41) is 7.66. The zero-order valence-electron chi connectivity index (χ0n) is 13.6. The van der Waals surface area contributed by atoms with Crippen LogP contribution in [0.15, 0.2) is 72.8 Å². The van der Waals surface area contributed by atoms with Gasteiger partial charge in [0.1, 0.15) is 0 Å². The Balaban J connectivity index is 1.73. The van der Waals surface area contributed by atoms with E-state index in [9.17, 15) is 9.59 Å². The molecule has 0 aliphatic carbocycles. The van der Waals surface area contributed by atoms with Crippen LogP contribution in [0.25, 0.3) is 10.8 Å². The molecule has 1 atom stereocenters. The Morgan fingerprint density at radius 3 is 2.28 bits per heavy atom. The van der Waals surface area contributed by atoms with Crippen molar-refractivity contribution in [2.75, 3.05) is 5.32 Å². The van der Waals surface area contributed by atoms with Crippen molar-refractivity contribution in [3.05, 3.63) is 78.4 Å².